The Morgan fingerprint density at radius 2 is 2.47 bits per heavy atom. The molecule has 1 unspecified atom stereocenters. The highest BCUT2D eigenvalue weighted by Gasteiger charge is 2.09. The van der Waals surface area contributed by atoms with Crippen molar-refractivity contribution in [3.05, 3.63) is 12.7 Å². The van der Waals surface area contributed by atoms with E-state index in [2.05, 4.69) is 23.1 Å². The standard InChI is InChI=1S/C11H18N2OS/c1-4-6-13-11(14)10(3)12-7-9-15-8-5-2/h1,5,10,12H,2,6-9H2,3H3,(H,13,14). The summed E-state index contributed by atoms with van der Waals surface area (Å²) in [6, 6.07) is -0.192. The van der Waals surface area contributed by atoms with E-state index in [0.717, 1.165) is 18.1 Å². The van der Waals surface area contributed by atoms with Crippen LogP contribution >= 0.6 is 11.8 Å². The van der Waals surface area contributed by atoms with Gasteiger partial charge in [0, 0.05) is 18.1 Å². The topological polar surface area (TPSA) is 41.1 Å². The van der Waals surface area contributed by atoms with Gasteiger partial charge in [-0.05, 0) is 6.92 Å². The van der Waals surface area contributed by atoms with E-state index < -0.39 is 0 Å². The molecule has 4 heteroatoms. The van der Waals surface area contributed by atoms with Gasteiger partial charge in [0.15, 0.2) is 0 Å². The number of hydrogen-bond donors (Lipinski definition) is 2. The molecule has 0 radical (unpaired) electrons. The molecule has 0 aromatic carbocycles. The number of hydrogen-bond acceptors (Lipinski definition) is 3. The quantitative estimate of drug-likeness (QED) is 0.362. The summed E-state index contributed by atoms with van der Waals surface area (Å²) in [5, 5.41) is 5.74. The first-order valence-electron chi connectivity index (χ1n) is 4.85. The maximum atomic E-state index is 11.3. The van der Waals surface area contributed by atoms with E-state index in [0.29, 0.717) is 0 Å². The molecule has 84 valence electrons. The highest BCUT2D eigenvalue weighted by Crippen LogP contribution is 1.97. The molecule has 0 spiro atoms. The summed E-state index contributed by atoms with van der Waals surface area (Å²) in [6.45, 7) is 6.55. The minimum Gasteiger partial charge on any atom is -0.344 e. The number of carbonyl (C=O) groups excluding carboxylic acids is 1. The largest absolute Gasteiger partial charge is 0.344 e. The molecule has 1 atom stereocenters. The van der Waals surface area contributed by atoms with Crippen LogP contribution in [0.25, 0.3) is 0 Å². The Morgan fingerprint density at radius 3 is 3.07 bits per heavy atom. The van der Waals surface area contributed by atoms with Crippen LogP contribution in [0.5, 0.6) is 0 Å². The van der Waals surface area contributed by atoms with Crippen molar-refractivity contribution >= 4 is 17.7 Å². The van der Waals surface area contributed by atoms with Crippen LogP contribution in [0.4, 0.5) is 0 Å². The Bertz CT molecular complexity index is 235. The zero-order valence-electron chi connectivity index (χ0n) is 9.08. The first kappa shape index (κ1) is 14.1. The summed E-state index contributed by atoms with van der Waals surface area (Å²) in [7, 11) is 0. The van der Waals surface area contributed by atoms with Gasteiger partial charge >= 0.3 is 0 Å². The van der Waals surface area contributed by atoms with E-state index >= 15 is 0 Å². The van der Waals surface area contributed by atoms with Gasteiger partial charge in [0.2, 0.25) is 5.91 Å². The normalized spacial score (nSPS) is 11.5. The van der Waals surface area contributed by atoms with Gasteiger partial charge in [0.25, 0.3) is 0 Å². The highest BCUT2D eigenvalue weighted by molar-refractivity contribution is 7.99. The SMILES string of the molecule is C#CCNC(=O)C(C)NCCSCC=C. The van der Waals surface area contributed by atoms with Crippen LogP contribution in [0.3, 0.4) is 0 Å². The minimum absolute atomic E-state index is 0.0540. The maximum Gasteiger partial charge on any atom is 0.237 e. The predicted molar refractivity (Wildman–Crippen MR) is 66.8 cm³/mol. The highest BCUT2D eigenvalue weighted by atomic mass is 32.2. The molecule has 0 fully saturated rings. The lowest BCUT2D eigenvalue weighted by Crippen LogP contribution is -2.43. The van der Waals surface area contributed by atoms with Gasteiger partial charge in [-0.1, -0.05) is 12.0 Å². The molecule has 0 aromatic heterocycles. The number of thioether (sulfide) groups is 1. The third kappa shape index (κ3) is 8.10. The van der Waals surface area contributed by atoms with Crippen LogP contribution in [0.15, 0.2) is 12.7 Å². The molecular weight excluding hydrogens is 208 g/mol. The molecule has 0 saturated carbocycles. The summed E-state index contributed by atoms with van der Waals surface area (Å²) < 4.78 is 0. The predicted octanol–water partition coefficient (Wildman–Crippen LogP) is 0.633. The number of amides is 1. The lowest BCUT2D eigenvalue weighted by molar-refractivity contribution is -0.122. The molecule has 1 amide bonds. The van der Waals surface area contributed by atoms with E-state index in [4.69, 9.17) is 6.42 Å². The average molecular weight is 226 g/mol. The van der Waals surface area contributed by atoms with Crippen molar-refractivity contribution in [3.8, 4) is 12.3 Å². The summed E-state index contributed by atoms with van der Waals surface area (Å²) in [6.07, 6.45) is 6.90. The number of nitrogens with one attached hydrogen (secondary N) is 2. The lowest BCUT2D eigenvalue weighted by Gasteiger charge is -2.12. The van der Waals surface area contributed by atoms with Crippen LogP contribution in [0, 0.1) is 12.3 Å². The van der Waals surface area contributed by atoms with Crippen LogP contribution < -0.4 is 10.6 Å². The molecule has 3 nitrogen and oxygen atoms in total. The van der Waals surface area contributed by atoms with Crippen molar-refractivity contribution in [2.45, 2.75) is 13.0 Å². The van der Waals surface area contributed by atoms with E-state index in [1.807, 2.05) is 13.0 Å². The molecule has 0 heterocycles. The van der Waals surface area contributed by atoms with Gasteiger partial charge in [-0.15, -0.1) is 13.0 Å². The average Bonchev–Trinajstić information content (AvgIpc) is 2.25. The van der Waals surface area contributed by atoms with E-state index in [1.165, 1.54) is 0 Å². The fraction of sp³-hybridized carbons (Fsp3) is 0.545. The fourth-order valence-electron chi connectivity index (χ4n) is 0.898. The first-order chi connectivity index (χ1) is 7.22. The van der Waals surface area contributed by atoms with Gasteiger partial charge in [-0.2, -0.15) is 11.8 Å². The second-order valence-corrected chi connectivity index (χ2v) is 4.11. The Hall–Kier alpha value is -0.920. The molecule has 0 aliphatic rings. The molecule has 15 heavy (non-hydrogen) atoms. The maximum absolute atomic E-state index is 11.3. The smallest absolute Gasteiger partial charge is 0.237 e. The fourth-order valence-corrected chi connectivity index (χ4v) is 1.49. The van der Waals surface area contributed by atoms with Gasteiger partial charge < -0.3 is 10.6 Å². The first-order valence-corrected chi connectivity index (χ1v) is 6.01. The Kier molecular flexibility index (Phi) is 9.04. The van der Waals surface area contributed by atoms with Gasteiger partial charge in [-0.3, -0.25) is 4.79 Å². The second-order valence-electron chi connectivity index (χ2n) is 2.96. The monoisotopic (exact) mass is 226 g/mol. The van der Waals surface area contributed by atoms with E-state index in [-0.39, 0.29) is 18.5 Å². The van der Waals surface area contributed by atoms with Crippen LogP contribution in [-0.2, 0) is 4.79 Å². The molecule has 0 aliphatic carbocycles. The molecule has 0 aromatic rings. The van der Waals surface area contributed by atoms with Crippen LogP contribution in [0.2, 0.25) is 0 Å². The molecule has 2 N–H and O–H groups in total. The second kappa shape index (κ2) is 9.63. The summed E-state index contributed by atoms with van der Waals surface area (Å²) in [4.78, 5) is 11.3. The van der Waals surface area contributed by atoms with Gasteiger partial charge in [0.1, 0.15) is 0 Å². The molecule has 0 bridgehead atoms. The minimum atomic E-state index is -0.192. The summed E-state index contributed by atoms with van der Waals surface area (Å²) >= 11 is 1.78. The zero-order valence-corrected chi connectivity index (χ0v) is 9.90. The Labute approximate surface area is 96.1 Å². The van der Waals surface area contributed by atoms with Gasteiger partial charge in [-0.25, -0.2) is 0 Å². The van der Waals surface area contributed by atoms with E-state index in [1.54, 1.807) is 11.8 Å². The van der Waals surface area contributed by atoms with Gasteiger partial charge in [0.05, 0.1) is 12.6 Å². The Balaban J connectivity index is 3.47. The number of carbonyl (C=O) groups is 1. The third-order valence-corrected chi connectivity index (χ3v) is 2.65. The zero-order chi connectivity index (χ0) is 11.5. The van der Waals surface area contributed by atoms with Crippen molar-refractivity contribution in [2.75, 3.05) is 24.6 Å². The van der Waals surface area contributed by atoms with E-state index in [9.17, 15) is 4.79 Å². The molecule has 0 saturated heterocycles. The Morgan fingerprint density at radius 1 is 1.73 bits per heavy atom. The molecule has 0 rings (SSSR count). The van der Waals surface area contributed by atoms with Crippen molar-refractivity contribution in [1.82, 2.24) is 10.6 Å². The van der Waals surface area contributed by atoms with Crippen molar-refractivity contribution in [2.24, 2.45) is 0 Å². The van der Waals surface area contributed by atoms with Crippen molar-refractivity contribution < 1.29 is 4.79 Å². The third-order valence-electron chi connectivity index (χ3n) is 1.69. The van der Waals surface area contributed by atoms with Crippen molar-refractivity contribution in [1.29, 1.82) is 0 Å². The summed E-state index contributed by atoms with van der Waals surface area (Å²) in [5.74, 6) is 4.22. The number of terminal acetylenes is 1. The number of rotatable bonds is 8. The van der Waals surface area contributed by atoms with Crippen molar-refractivity contribution in [3.63, 3.8) is 0 Å². The molecule has 0 aliphatic heterocycles. The molecular formula is C11H18N2OS. The lowest BCUT2D eigenvalue weighted by atomic mass is 10.3. The summed E-state index contributed by atoms with van der Waals surface area (Å²) in [5.41, 5.74) is 0. The van der Waals surface area contributed by atoms with Crippen LogP contribution in [0.1, 0.15) is 6.92 Å². The van der Waals surface area contributed by atoms with Crippen LogP contribution in [-0.4, -0.2) is 36.5 Å².